The second-order valence-electron chi connectivity index (χ2n) is 4.54. The van der Waals surface area contributed by atoms with Crippen LogP contribution in [0.1, 0.15) is 21.6 Å². The van der Waals surface area contributed by atoms with E-state index in [4.69, 9.17) is 14.2 Å². The Bertz CT molecular complexity index is 740. The molecule has 0 spiro atoms. The van der Waals surface area contributed by atoms with Crippen LogP contribution in [0.15, 0.2) is 30.3 Å². The molecule has 0 aliphatic rings. The number of aromatic nitrogens is 1. The first-order chi connectivity index (χ1) is 11.1. The van der Waals surface area contributed by atoms with Crippen molar-refractivity contribution in [1.82, 2.24) is 4.98 Å². The number of rotatable bonds is 5. The number of methoxy groups -OCH3 is 3. The SMILES string of the molecule is COC(=O)c1c(O)cc(OC)cc1/C=C/c1cccc(OC)n1. The Morgan fingerprint density at radius 3 is 2.57 bits per heavy atom. The average Bonchev–Trinajstić information content (AvgIpc) is 2.58. The summed E-state index contributed by atoms with van der Waals surface area (Å²) >= 11 is 0. The van der Waals surface area contributed by atoms with Crippen molar-refractivity contribution < 1.29 is 24.1 Å². The molecule has 1 N–H and O–H groups in total. The van der Waals surface area contributed by atoms with Crippen LogP contribution >= 0.6 is 0 Å². The first kappa shape index (κ1) is 16.4. The lowest BCUT2D eigenvalue weighted by atomic mass is 10.0. The van der Waals surface area contributed by atoms with E-state index >= 15 is 0 Å². The first-order valence-corrected chi connectivity index (χ1v) is 6.77. The third-order valence-electron chi connectivity index (χ3n) is 3.13. The third-order valence-corrected chi connectivity index (χ3v) is 3.13. The predicted molar refractivity (Wildman–Crippen MR) is 85.7 cm³/mol. The molecular weight excluding hydrogens is 298 g/mol. The number of pyridine rings is 1. The minimum Gasteiger partial charge on any atom is -0.507 e. The Balaban J connectivity index is 2.46. The van der Waals surface area contributed by atoms with Crippen molar-refractivity contribution in [3.63, 3.8) is 0 Å². The Labute approximate surface area is 134 Å². The van der Waals surface area contributed by atoms with E-state index in [9.17, 15) is 9.90 Å². The zero-order valence-corrected chi connectivity index (χ0v) is 13.1. The van der Waals surface area contributed by atoms with Gasteiger partial charge in [-0.2, -0.15) is 0 Å². The van der Waals surface area contributed by atoms with Crippen molar-refractivity contribution in [2.24, 2.45) is 0 Å². The maximum absolute atomic E-state index is 11.9. The highest BCUT2D eigenvalue weighted by Gasteiger charge is 2.17. The third kappa shape index (κ3) is 3.79. The Morgan fingerprint density at radius 2 is 1.91 bits per heavy atom. The number of hydrogen-bond acceptors (Lipinski definition) is 6. The largest absolute Gasteiger partial charge is 0.507 e. The van der Waals surface area contributed by atoms with E-state index in [2.05, 4.69) is 4.98 Å². The highest BCUT2D eigenvalue weighted by Crippen LogP contribution is 2.29. The van der Waals surface area contributed by atoms with E-state index in [0.29, 0.717) is 22.9 Å². The molecule has 0 radical (unpaired) electrons. The number of carbonyl (C=O) groups is 1. The second kappa shape index (κ2) is 7.31. The first-order valence-electron chi connectivity index (χ1n) is 6.77. The molecule has 0 amide bonds. The van der Waals surface area contributed by atoms with Crippen LogP contribution in [0.3, 0.4) is 0 Å². The number of hydrogen-bond donors (Lipinski definition) is 1. The van der Waals surface area contributed by atoms with Gasteiger partial charge in [-0.25, -0.2) is 9.78 Å². The van der Waals surface area contributed by atoms with Crippen molar-refractivity contribution in [3.05, 3.63) is 47.2 Å². The maximum atomic E-state index is 11.9. The van der Waals surface area contributed by atoms with Crippen molar-refractivity contribution >= 4 is 18.1 Å². The summed E-state index contributed by atoms with van der Waals surface area (Å²) in [6.45, 7) is 0. The van der Waals surface area contributed by atoms with E-state index in [0.717, 1.165) is 0 Å². The van der Waals surface area contributed by atoms with Gasteiger partial charge in [-0.15, -0.1) is 0 Å². The van der Waals surface area contributed by atoms with Crippen LogP contribution in [0.25, 0.3) is 12.2 Å². The molecule has 1 aromatic heterocycles. The van der Waals surface area contributed by atoms with Crippen LogP contribution in [0, 0.1) is 0 Å². The van der Waals surface area contributed by atoms with Crippen molar-refractivity contribution in [2.75, 3.05) is 21.3 Å². The fourth-order valence-corrected chi connectivity index (χ4v) is 2.01. The Morgan fingerprint density at radius 1 is 1.13 bits per heavy atom. The van der Waals surface area contributed by atoms with E-state index in [-0.39, 0.29) is 11.3 Å². The molecule has 0 aliphatic carbocycles. The normalized spacial score (nSPS) is 10.6. The number of nitrogens with zero attached hydrogens (tertiary/aromatic N) is 1. The van der Waals surface area contributed by atoms with Crippen LogP contribution in [0.4, 0.5) is 0 Å². The van der Waals surface area contributed by atoms with Crippen LogP contribution < -0.4 is 9.47 Å². The summed E-state index contributed by atoms with van der Waals surface area (Å²) in [7, 11) is 4.26. The molecule has 1 aromatic carbocycles. The number of benzene rings is 1. The molecule has 6 heteroatoms. The van der Waals surface area contributed by atoms with Gasteiger partial charge in [0.25, 0.3) is 0 Å². The van der Waals surface area contributed by atoms with E-state index in [1.165, 1.54) is 27.4 Å². The van der Waals surface area contributed by atoms with Gasteiger partial charge in [-0.05, 0) is 23.8 Å². The van der Waals surface area contributed by atoms with Gasteiger partial charge >= 0.3 is 5.97 Å². The highest BCUT2D eigenvalue weighted by molar-refractivity contribution is 5.97. The minimum absolute atomic E-state index is 0.0625. The summed E-state index contributed by atoms with van der Waals surface area (Å²) in [5.41, 5.74) is 1.16. The van der Waals surface area contributed by atoms with E-state index in [1.807, 2.05) is 0 Å². The molecule has 0 saturated carbocycles. The second-order valence-corrected chi connectivity index (χ2v) is 4.54. The Kier molecular flexibility index (Phi) is 5.19. The van der Waals surface area contributed by atoms with Gasteiger partial charge in [0.1, 0.15) is 17.1 Å². The van der Waals surface area contributed by atoms with E-state index < -0.39 is 5.97 Å². The molecule has 120 valence electrons. The molecule has 2 aromatic rings. The smallest absolute Gasteiger partial charge is 0.342 e. The summed E-state index contributed by atoms with van der Waals surface area (Å²) in [5.74, 6) is 0.0556. The molecule has 23 heavy (non-hydrogen) atoms. The molecule has 2 rings (SSSR count). The molecule has 1 heterocycles. The zero-order valence-electron chi connectivity index (χ0n) is 13.1. The number of phenols is 1. The quantitative estimate of drug-likeness (QED) is 0.855. The molecule has 0 saturated heterocycles. The number of carbonyl (C=O) groups excluding carboxylic acids is 1. The van der Waals surface area contributed by atoms with Gasteiger partial charge in [-0.1, -0.05) is 12.1 Å². The van der Waals surface area contributed by atoms with Gasteiger partial charge in [0.05, 0.1) is 27.0 Å². The fourth-order valence-electron chi connectivity index (χ4n) is 2.01. The lowest BCUT2D eigenvalue weighted by Crippen LogP contribution is -2.04. The van der Waals surface area contributed by atoms with Gasteiger partial charge in [0.2, 0.25) is 5.88 Å². The predicted octanol–water partition coefficient (Wildman–Crippen LogP) is 2.76. The number of aromatic hydroxyl groups is 1. The number of phenolic OH excluding ortho intramolecular Hbond substituents is 1. The molecule has 0 aliphatic heterocycles. The van der Waals surface area contributed by atoms with Crippen LogP contribution in [-0.2, 0) is 4.74 Å². The summed E-state index contributed by atoms with van der Waals surface area (Å²) in [4.78, 5) is 16.1. The van der Waals surface area contributed by atoms with Gasteiger partial charge in [0, 0.05) is 12.1 Å². The monoisotopic (exact) mass is 315 g/mol. The number of esters is 1. The number of ether oxygens (including phenoxy) is 3. The molecule has 0 atom stereocenters. The topological polar surface area (TPSA) is 77.9 Å². The average molecular weight is 315 g/mol. The van der Waals surface area contributed by atoms with Crippen molar-refractivity contribution in [1.29, 1.82) is 0 Å². The van der Waals surface area contributed by atoms with E-state index in [1.54, 1.807) is 36.4 Å². The molecule has 6 nitrogen and oxygen atoms in total. The summed E-state index contributed by atoms with van der Waals surface area (Å²) in [6, 6.07) is 8.30. The lowest BCUT2D eigenvalue weighted by molar-refractivity contribution is 0.0597. The van der Waals surface area contributed by atoms with Gasteiger partial charge < -0.3 is 19.3 Å². The maximum Gasteiger partial charge on any atom is 0.342 e. The van der Waals surface area contributed by atoms with Gasteiger partial charge in [-0.3, -0.25) is 0 Å². The summed E-state index contributed by atoms with van der Waals surface area (Å²) in [6.07, 6.45) is 3.35. The van der Waals surface area contributed by atoms with Crippen LogP contribution in [0.2, 0.25) is 0 Å². The molecule has 0 fully saturated rings. The summed E-state index contributed by atoms with van der Waals surface area (Å²) < 4.78 is 14.9. The van der Waals surface area contributed by atoms with Crippen molar-refractivity contribution in [3.8, 4) is 17.4 Å². The zero-order chi connectivity index (χ0) is 16.8. The van der Waals surface area contributed by atoms with Crippen molar-refractivity contribution in [2.45, 2.75) is 0 Å². The molecular formula is C17H17NO5. The fraction of sp³-hybridized carbons (Fsp3) is 0.176. The molecule has 0 bridgehead atoms. The van der Waals surface area contributed by atoms with Crippen LogP contribution in [0.5, 0.6) is 17.4 Å². The lowest BCUT2D eigenvalue weighted by Gasteiger charge is -2.09. The summed E-state index contributed by atoms with van der Waals surface area (Å²) in [5, 5.41) is 10.0. The van der Waals surface area contributed by atoms with Gasteiger partial charge in [0.15, 0.2) is 0 Å². The standard InChI is InChI=1S/C17H17NO5/c1-21-13-9-11(16(14(19)10-13)17(20)23-3)7-8-12-5-4-6-15(18-12)22-2/h4-10,19H,1-3H3/b8-7+. The highest BCUT2D eigenvalue weighted by atomic mass is 16.5. The molecule has 0 unspecified atom stereocenters. The minimum atomic E-state index is -0.636. The Hall–Kier alpha value is -3.02. The van der Waals surface area contributed by atoms with Crippen LogP contribution in [-0.4, -0.2) is 37.4 Å².